The SMILES string of the molecule is COc1cc(/C=C(/C#N)c2ccc(C)cc2)cc(Cl)c1OCc1ccc(I)cc1. The van der Waals surface area contributed by atoms with E-state index in [4.69, 9.17) is 21.1 Å². The quantitative estimate of drug-likeness (QED) is 0.204. The molecule has 5 heteroatoms. The summed E-state index contributed by atoms with van der Waals surface area (Å²) in [4.78, 5) is 0. The third-order valence-electron chi connectivity index (χ3n) is 4.34. The molecule has 0 atom stereocenters. The monoisotopic (exact) mass is 515 g/mol. The summed E-state index contributed by atoms with van der Waals surface area (Å²) in [5, 5.41) is 10.0. The van der Waals surface area contributed by atoms with Crippen LogP contribution in [0, 0.1) is 21.8 Å². The summed E-state index contributed by atoms with van der Waals surface area (Å²) in [6, 6.07) is 21.8. The van der Waals surface area contributed by atoms with E-state index in [2.05, 4.69) is 28.7 Å². The number of halogens is 2. The van der Waals surface area contributed by atoms with Crippen molar-refractivity contribution in [2.24, 2.45) is 0 Å². The van der Waals surface area contributed by atoms with Crippen LogP contribution in [0.2, 0.25) is 5.02 Å². The van der Waals surface area contributed by atoms with E-state index in [-0.39, 0.29) is 0 Å². The Bertz CT molecular complexity index is 1070. The molecule has 0 saturated heterocycles. The number of rotatable bonds is 6. The van der Waals surface area contributed by atoms with E-state index >= 15 is 0 Å². The number of allylic oxidation sites excluding steroid dienone is 1. The third-order valence-corrected chi connectivity index (χ3v) is 5.34. The fourth-order valence-electron chi connectivity index (χ4n) is 2.78. The molecule has 0 aliphatic carbocycles. The normalized spacial score (nSPS) is 11.1. The van der Waals surface area contributed by atoms with Crippen molar-refractivity contribution in [2.75, 3.05) is 7.11 Å². The Morgan fingerprint density at radius 2 is 1.79 bits per heavy atom. The molecule has 146 valence electrons. The summed E-state index contributed by atoms with van der Waals surface area (Å²) in [7, 11) is 1.57. The average molecular weight is 516 g/mol. The highest BCUT2D eigenvalue weighted by Crippen LogP contribution is 2.38. The Morgan fingerprint density at radius 1 is 1.10 bits per heavy atom. The number of nitriles is 1. The van der Waals surface area contributed by atoms with E-state index in [1.165, 1.54) is 3.57 Å². The highest BCUT2D eigenvalue weighted by atomic mass is 127. The van der Waals surface area contributed by atoms with Crippen LogP contribution in [-0.4, -0.2) is 7.11 Å². The zero-order chi connectivity index (χ0) is 20.8. The highest BCUT2D eigenvalue weighted by Gasteiger charge is 2.13. The van der Waals surface area contributed by atoms with Gasteiger partial charge in [0.15, 0.2) is 11.5 Å². The van der Waals surface area contributed by atoms with Crippen LogP contribution in [-0.2, 0) is 6.61 Å². The van der Waals surface area contributed by atoms with Crippen molar-refractivity contribution in [2.45, 2.75) is 13.5 Å². The molecule has 3 aromatic rings. The largest absolute Gasteiger partial charge is 0.493 e. The zero-order valence-corrected chi connectivity index (χ0v) is 19.0. The van der Waals surface area contributed by atoms with Crippen LogP contribution in [0.4, 0.5) is 0 Å². The van der Waals surface area contributed by atoms with Crippen LogP contribution >= 0.6 is 34.2 Å². The molecule has 0 bridgehead atoms. The summed E-state index contributed by atoms with van der Waals surface area (Å²) in [5.41, 5.74) is 4.36. The van der Waals surface area contributed by atoms with Crippen LogP contribution in [0.3, 0.4) is 0 Å². The predicted octanol–water partition coefficient (Wildman–Crippen LogP) is 6.90. The molecule has 0 N–H and O–H groups in total. The number of nitrogens with zero attached hydrogens (tertiary/aromatic N) is 1. The van der Waals surface area contributed by atoms with Gasteiger partial charge in [0.2, 0.25) is 0 Å². The van der Waals surface area contributed by atoms with Gasteiger partial charge in [0, 0.05) is 3.57 Å². The standard InChI is InChI=1S/C24H19ClINO2/c1-16-3-7-19(8-4-16)20(14-27)11-18-12-22(25)24(23(13-18)28-2)29-15-17-5-9-21(26)10-6-17/h3-13H,15H2,1-2H3/b20-11-. The van der Waals surface area contributed by atoms with Crippen LogP contribution in [0.25, 0.3) is 11.6 Å². The summed E-state index contributed by atoms with van der Waals surface area (Å²) < 4.78 is 12.6. The Morgan fingerprint density at radius 3 is 2.41 bits per heavy atom. The molecule has 0 aliphatic heterocycles. The lowest BCUT2D eigenvalue weighted by atomic mass is 10.0. The predicted molar refractivity (Wildman–Crippen MR) is 126 cm³/mol. The molecule has 0 amide bonds. The first-order chi connectivity index (χ1) is 14.0. The van der Waals surface area contributed by atoms with E-state index in [0.29, 0.717) is 28.7 Å². The van der Waals surface area contributed by atoms with Gasteiger partial charge < -0.3 is 9.47 Å². The molecule has 3 nitrogen and oxygen atoms in total. The lowest BCUT2D eigenvalue weighted by Crippen LogP contribution is -1.99. The number of hydrogen-bond acceptors (Lipinski definition) is 3. The molecule has 3 aromatic carbocycles. The first kappa shape index (κ1) is 21.2. The Kier molecular flexibility index (Phi) is 7.18. The Labute approximate surface area is 189 Å². The molecule has 0 aliphatic rings. The van der Waals surface area contributed by atoms with Gasteiger partial charge in [-0.25, -0.2) is 0 Å². The van der Waals surface area contributed by atoms with Crippen LogP contribution < -0.4 is 9.47 Å². The van der Waals surface area contributed by atoms with Gasteiger partial charge >= 0.3 is 0 Å². The van der Waals surface area contributed by atoms with Crippen LogP contribution in [0.15, 0.2) is 60.7 Å². The van der Waals surface area contributed by atoms with Crippen molar-refractivity contribution in [1.29, 1.82) is 5.26 Å². The molecule has 0 aromatic heterocycles. The number of aryl methyl sites for hydroxylation is 1. The molecule has 3 rings (SSSR count). The summed E-state index contributed by atoms with van der Waals surface area (Å²) in [6.07, 6.45) is 1.79. The van der Waals surface area contributed by atoms with Gasteiger partial charge in [-0.2, -0.15) is 5.26 Å². The topological polar surface area (TPSA) is 42.2 Å². The first-order valence-electron chi connectivity index (χ1n) is 8.94. The fourth-order valence-corrected chi connectivity index (χ4v) is 3.41. The summed E-state index contributed by atoms with van der Waals surface area (Å²) >= 11 is 8.74. The van der Waals surface area contributed by atoms with E-state index in [0.717, 1.165) is 22.3 Å². The molecule has 0 heterocycles. The van der Waals surface area contributed by atoms with E-state index in [1.54, 1.807) is 19.3 Å². The average Bonchev–Trinajstić information content (AvgIpc) is 2.72. The van der Waals surface area contributed by atoms with E-state index < -0.39 is 0 Å². The maximum absolute atomic E-state index is 9.58. The smallest absolute Gasteiger partial charge is 0.180 e. The maximum atomic E-state index is 9.58. The molecule has 0 fully saturated rings. The van der Waals surface area contributed by atoms with E-state index in [1.807, 2.05) is 61.5 Å². The van der Waals surface area contributed by atoms with Crippen LogP contribution in [0.1, 0.15) is 22.3 Å². The van der Waals surface area contributed by atoms with Crippen molar-refractivity contribution in [3.8, 4) is 17.6 Å². The van der Waals surface area contributed by atoms with Crippen LogP contribution in [0.5, 0.6) is 11.5 Å². The van der Waals surface area contributed by atoms with Crippen molar-refractivity contribution < 1.29 is 9.47 Å². The van der Waals surface area contributed by atoms with Gasteiger partial charge in [0.05, 0.1) is 23.8 Å². The fraction of sp³-hybridized carbons (Fsp3) is 0.125. The van der Waals surface area contributed by atoms with Gasteiger partial charge in [-0.15, -0.1) is 0 Å². The molecule has 29 heavy (non-hydrogen) atoms. The number of ether oxygens (including phenoxy) is 2. The van der Waals surface area contributed by atoms with Gasteiger partial charge in [-0.1, -0.05) is 53.6 Å². The molecular formula is C24H19ClINO2. The zero-order valence-electron chi connectivity index (χ0n) is 16.1. The number of benzene rings is 3. The molecular weight excluding hydrogens is 497 g/mol. The maximum Gasteiger partial charge on any atom is 0.180 e. The minimum absolute atomic E-state index is 0.384. The lowest BCUT2D eigenvalue weighted by molar-refractivity contribution is 0.284. The third kappa shape index (κ3) is 5.53. The van der Waals surface area contributed by atoms with Crippen molar-refractivity contribution in [1.82, 2.24) is 0 Å². The van der Waals surface area contributed by atoms with Gasteiger partial charge in [0.1, 0.15) is 6.61 Å². The van der Waals surface area contributed by atoms with Crippen molar-refractivity contribution >= 4 is 45.8 Å². The second-order valence-electron chi connectivity index (χ2n) is 6.49. The lowest BCUT2D eigenvalue weighted by Gasteiger charge is -2.14. The van der Waals surface area contributed by atoms with E-state index in [9.17, 15) is 5.26 Å². The molecule has 0 unspecified atom stereocenters. The van der Waals surface area contributed by atoms with Crippen molar-refractivity contribution in [3.63, 3.8) is 0 Å². The minimum atomic E-state index is 0.384. The number of methoxy groups -OCH3 is 1. The molecule has 0 radical (unpaired) electrons. The van der Waals surface area contributed by atoms with Gasteiger partial charge in [-0.3, -0.25) is 0 Å². The van der Waals surface area contributed by atoms with Gasteiger partial charge in [0.25, 0.3) is 0 Å². The first-order valence-corrected chi connectivity index (χ1v) is 10.4. The summed E-state index contributed by atoms with van der Waals surface area (Å²) in [5.74, 6) is 1.01. The van der Waals surface area contributed by atoms with Gasteiger partial charge in [-0.05, 0) is 76.5 Å². The minimum Gasteiger partial charge on any atom is -0.493 e. The van der Waals surface area contributed by atoms with Crippen molar-refractivity contribution in [3.05, 3.63) is 91.5 Å². The second-order valence-corrected chi connectivity index (χ2v) is 8.14. The Hall–Kier alpha value is -2.49. The Balaban J connectivity index is 1.88. The second kappa shape index (κ2) is 9.82. The highest BCUT2D eigenvalue weighted by molar-refractivity contribution is 14.1. The molecule has 0 spiro atoms. The number of hydrogen-bond donors (Lipinski definition) is 0. The summed E-state index contributed by atoms with van der Waals surface area (Å²) in [6.45, 7) is 2.40. The molecule has 0 saturated carbocycles.